The van der Waals surface area contributed by atoms with Gasteiger partial charge in [-0.15, -0.1) is 0 Å². The summed E-state index contributed by atoms with van der Waals surface area (Å²) in [7, 11) is 0. The van der Waals surface area contributed by atoms with Crippen molar-refractivity contribution < 1.29 is 4.79 Å². The average molecular weight is 187 g/mol. The molecule has 0 amide bonds. The Morgan fingerprint density at radius 3 is 3.09 bits per heavy atom. The molecule has 2 heterocycles. The van der Waals surface area contributed by atoms with Crippen molar-refractivity contribution in [3.63, 3.8) is 0 Å². The fraction of sp³-hybridized carbons (Fsp3) is 0. The van der Waals surface area contributed by atoms with Crippen LogP contribution in [0.5, 0.6) is 0 Å². The third-order valence-electron chi connectivity index (χ3n) is 1.27. The Hall–Kier alpha value is -0.870. The van der Waals surface area contributed by atoms with Crippen molar-refractivity contribution in [2.24, 2.45) is 0 Å². The molecule has 0 spiro atoms. The molecule has 5 heteroatoms. The second kappa shape index (κ2) is 2.32. The van der Waals surface area contributed by atoms with Gasteiger partial charge in [0.05, 0.1) is 0 Å². The van der Waals surface area contributed by atoms with Crippen molar-refractivity contribution in [3.05, 3.63) is 22.4 Å². The van der Waals surface area contributed by atoms with E-state index in [4.69, 9.17) is 11.6 Å². The molecule has 0 bridgehead atoms. The molecule has 2 aromatic rings. The molecule has 0 aliphatic heterocycles. The highest BCUT2D eigenvalue weighted by atomic mass is 35.5. The van der Waals surface area contributed by atoms with Gasteiger partial charge < -0.3 is 0 Å². The van der Waals surface area contributed by atoms with Crippen LogP contribution in [-0.4, -0.2) is 15.7 Å². The van der Waals surface area contributed by atoms with Crippen molar-refractivity contribution in [2.75, 3.05) is 0 Å². The fourth-order valence-corrected chi connectivity index (χ4v) is 1.86. The minimum atomic E-state index is 0.438. The van der Waals surface area contributed by atoms with Gasteiger partial charge in [0.2, 0.25) is 0 Å². The third kappa shape index (κ3) is 1.04. The van der Waals surface area contributed by atoms with Gasteiger partial charge in [0.1, 0.15) is 10.0 Å². The quantitative estimate of drug-likeness (QED) is 0.638. The number of carbonyl (C=O) groups is 1. The maximum absolute atomic E-state index is 10.3. The molecule has 0 aliphatic carbocycles. The first-order valence-corrected chi connectivity index (χ1v) is 4.08. The van der Waals surface area contributed by atoms with Crippen molar-refractivity contribution in [2.45, 2.75) is 0 Å². The molecular weight excluding hydrogens is 184 g/mol. The number of fused-ring (bicyclic) bond motifs is 1. The van der Waals surface area contributed by atoms with Gasteiger partial charge in [-0.05, 0) is 0 Å². The first-order chi connectivity index (χ1) is 5.29. The molecule has 0 radical (unpaired) electrons. The van der Waals surface area contributed by atoms with Crippen molar-refractivity contribution in [3.8, 4) is 0 Å². The minimum absolute atomic E-state index is 0.438. The van der Waals surface area contributed by atoms with Gasteiger partial charge in [-0.25, -0.2) is 4.98 Å². The lowest BCUT2D eigenvalue weighted by Gasteiger charge is -1.73. The maximum atomic E-state index is 10.3. The number of aromatic nitrogens is 2. The smallest absolute Gasteiger partial charge is 0.195 e. The van der Waals surface area contributed by atoms with Crippen molar-refractivity contribution >= 4 is 34.2 Å². The highest BCUT2D eigenvalue weighted by molar-refractivity contribution is 7.20. The van der Waals surface area contributed by atoms with E-state index in [0.29, 0.717) is 16.3 Å². The Bertz CT molecular complexity index is 374. The fourth-order valence-electron chi connectivity index (χ4n) is 0.842. The Morgan fingerprint density at radius 1 is 1.64 bits per heavy atom. The molecule has 0 atom stereocenters. The molecule has 3 nitrogen and oxygen atoms in total. The van der Waals surface area contributed by atoms with Crippen LogP contribution in [0.25, 0.3) is 4.96 Å². The lowest BCUT2D eigenvalue weighted by Crippen LogP contribution is -1.74. The normalized spacial score (nSPS) is 10.6. The molecule has 0 fully saturated rings. The van der Waals surface area contributed by atoms with E-state index in [2.05, 4.69) is 4.98 Å². The second-order valence-electron chi connectivity index (χ2n) is 2.01. The number of aldehydes is 1. The van der Waals surface area contributed by atoms with Crippen LogP contribution in [0.1, 0.15) is 10.5 Å². The van der Waals surface area contributed by atoms with E-state index >= 15 is 0 Å². The van der Waals surface area contributed by atoms with Gasteiger partial charge >= 0.3 is 0 Å². The zero-order valence-electron chi connectivity index (χ0n) is 5.32. The SMILES string of the molecule is O=Cc1cn2cc(Cl)sc2n1. The first kappa shape index (κ1) is 6.82. The van der Waals surface area contributed by atoms with E-state index in [9.17, 15) is 4.79 Å². The topological polar surface area (TPSA) is 34.4 Å². The predicted molar refractivity (Wildman–Crippen MR) is 43.5 cm³/mol. The average Bonchev–Trinajstić information content (AvgIpc) is 2.43. The molecule has 0 saturated carbocycles. The Balaban J connectivity index is 2.72. The van der Waals surface area contributed by atoms with Crippen LogP contribution in [0, 0.1) is 0 Å². The number of hydrogen-bond acceptors (Lipinski definition) is 3. The summed E-state index contributed by atoms with van der Waals surface area (Å²) in [6, 6.07) is 0. The number of rotatable bonds is 1. The summed E-state index contributed by atoms with van der Waals surface area (Å²) in [4.78, 5) is 15.0. The molecular formula is C6H3ClN2OS. The van der Waals surface area contributed by atoms with Crippen LogP contribution in [0.2, 0.25) is 4.34 Å². The number of halogens is 1. The van der Waals surface area contributed by atoms with Crippen molar-refractivity contribution in [1.82, 2.24) is 9.38 Å². The number of carbonyl (C=O) groups excluding carboxylic acids is 1. The molecule has 0 aliphatic rings. The largest absolute Gasteiger partial charge is 0.296 e. The molecule has 0 N–H and O–H groups in total. The monoisotopic (exact) mass is 186 g/mol. The van der Waals surface area contributed by atoms with Crippen LogP contribution < -0.4 is 0 Å². The summed E-state index contributed by atoms with van der Waals surface area (Å²) < 4.78 is 2.40. The van der Waals surface area contributed by atoms with Gasteiger partial charge in [0.15, 0.2) is 11.2 Å². The van der Waals surface area contributed by atoms with Crippen molar-refractivity contribution in [1.29, 1.82) is 0 Å². The van der Waals surface area contributed by atoms with E-state index in [-0.39, 0.29) is 0 Å². The summed E-state index contributed by atoms with van der Waals surface area (Å²) in [5.74, 6) is 0. The van der Waals surface area contributed by atoms with Crippen LogP contribution in [0.15, 0.2) is 12.4 Å². The zero-order valence-corrected chi connectivity index (χ0v) is 6.89. The van der Waals surface area contributed by atoms with Crippen LogP contribution in [-0.2, 0) is 0 Å². The standard InChI is InChI=1S/C6H3ClN2OS/c7-5-2-9-1-4(3-10)8-6(9)11-5/h1-3H. The van der Waals surface area contributed by atoms with Gasteiger partial charge in [-0.2, -0.15) is 0 Å². The molecule has 0 unspecified atom stereocenters. The van der Waals surface area contributed by atoms with Gasteiger partial charge in [-0.3, -0.25) is 9.20 Å². The molecule has 2 aromatic heterocycles. The predicted octanol–water partition coefficient (Wildman–Crippen LogP) is 1.86. The van der Waals surface area contributed by atoms with Crippen LogP contribution >= 0.6 is 22.9 Å². The number of hydrogen-bond donors (Lipinski definition) is 0. The van der Waals surface area contributed by atoms with E-state index in [1.165, 1.54) is 11.3 Å². The minimum Gasteiger partial charge on any atom is -0.296 e. The summed E-state index contributed by atoms with van der Waals surface area (Å²) >= 11 is 7.04. The molecule has 11 heavy (non-hydrogen) atoms. The molecule has 2 rings (SSSR count). The Labute approximate surface area is 71.2 Å². The Kier molecular flexibility index (Phi) is 1.44. The van der Waals surface area contributed by atoms with E-state index in [1.54, 1.807) is 16.8 Å². The number of imidazole rings is 1. The van der Waals surface area contributed by atoms with Crippen LogP contribution in [0.3, 0.4) is 0 Å². The third-order valence-corrected chi connectivity index (χ3v) is 2.38. The molecule has 0 aromatic carbocycles. The maximum Gasteiger partial charge on any atom is 0.195 e. The summed E-state index contributed by atoms with van der Waals surface area (Å²) in [6.45, 7) is 0. The van der Waals surface area contributed by atoms with E-state index < -0.39 is 0 Å². The summed E-state index contributed by atoms with van der Waals surface area (Å²) in [5.41, 5.74) is 0.438. The number of nitrogens with zero attached hydrogens (tertiary/aromatic N) is 2. The molecule has 0 saturated heterocycles. The second-order valence-corrected chi connectivity index (χ2v) is 3.65. The number of thiazole rings is 1. The highest BCUT2D eigenvalue weighted by Gasteiger charge is 2.02. The van der Waals surface area contributed by atoms with Gasteiger partial charge in [-0.1, -0.05) is 22.9 Å². The summed E-state index contributed by atoms with van der Waals surface area (Å²) in [5, 5.41) is 0. The lowest BCUT2D eigenvalue weighted by atomic mass is 10.5. The van der Waals surface area contributed by atoms with Gasteiger partial charge in [0, 0.05) is 12.4 Å². The van der Waals surface area contributed by atoms with Gasteiger partial charge in [0.25, 0.3) is 0 Å². The Morgan fingerprint density at radius 2 is 2.45 bits per heavy atom. The van der Waals surface area contributed by atoms with Crippen LogP contribution in [0.4, 0.5) is 0 Å². The highest BCUT2D eigenvalue weighted by Crippen LogP contribution is 2.21. The first-order valence-electron chi connectivity index (χ1n) is 2.89. The lowest BCUT2D eigenvalue weighted by molar-refractivity contribution is 0.111. The summed E-state index contributed by atoms with van der Waals surface area (Å²) in [6.07, 6.45) is 4.08. The van der Waals surface area contributed by atoms with E-state index in [1.807, 2.05) is 0 Å². The van der Waals surface area contributed by atoms with E-state index in [0.717, 1.165) is 4.96 Å². The molecule has 56 valence electrons. The zero-order chi connectivity index (χ0) is 7.84.